The molecule has 1 aromatic carbocycles. The number of hydrogen-bond acceptors (Lipinski definition) is 5. The van der Waals surface area contributed by atoms with Gasteiger partial charge in [-0.05, 0) is 42.4 Å². The van der Waals surface area contributed by atoms with Crippen LogP contribution in [0.15, 0.2) is 35.5 Å². The number of aromatic amines is 1. The van der Waals surface area contributed by atoms with Crippen LogP contribution in [-0.4, -0.2) is 26.8 Å². The zero-order valence-electron chi connectivity index (χ0n) is 13.2. The number of fused-ring (bicyclic) bond motifs is 2. The van der Waals surface area contributed by atoms with Crippen LogP contribution in [0.4, 0.5) is 5.69 Å². The highest BCUT2D eigenvalue weighted by molar-refractivity contribution is 7.99. The minimum atomic E-state index is -0.135. The largest absolute Gasteiger partial charge is 0.324 e. The van der Waals surface area contributed by atoms with E-state index in [9.17, 15) is 4.79 Å². The number of amides is 1. The summed E-state index contributed by atoms with van der Waals surface area (Å²) < 4.78 is 0. The van der Waals surface area contributed by atoms with E-state index in [2.05, 4.69) is 20.5 Å². The van der Waals surface area contributed by atoms with Crippen LogP contribution in [0.3, 0.4) is 0 Å². The Hall–Kier alpha value is -2.38. The molecule has 4 N–H and O–H groups in total. The van der Waals surface area contributed by atoms with Gasteiger partial charge in [0.1, 0.15) is 0 Å². The number of benzene rings is 1. The molecule has 3 heterocycles. The lowest BCUT2D eigenvalue weighted by molar-refractivity contribution is 0.102. The molecule has 7 heteroatoms. The molecule has 1 aliphatic rings. The highest BCUT2D eigenvalue weighted by Crippen LogP contribution is 2.38. The van der Waals surface area contributed by atoms with E-state index in [4.69, 9.17) is 5.73 Å². The second-order valence-electron chi connectivity index (χ2n) is 5.85. The summed E-state index contributed by atoms with van der Waals surface area (Å²) in [6.07, 6.45) is 4.27. The molecule has 3 aromatic rings. The smallest absolute Gasteiger partial charge is 0.255 e. The van der Waals surface area contributed by atoms with Gasteiger partial charge in [0.05, 0.1) is 17.3 Å². The van der Waals surface area contributed by atoms with E-state index < -0.39 is 0 Å². The fourth-order valence-corrected chi connectivity index (χ4v) is 4.32. The summed E-state index contributed by atoms with van der Waals surface area (Å²) >= 11 is 1.78. The molecule has 2 aromatic heterocycles. The first-order valence-electron chi connectivity index (χ1n) is 7.76. The van der Waals surface area contributed by atoms with Crippen molar-refractivity contribution < 1.29 is 4.79 Å². The summed E-state index contributed by atoms with van der Waals surface area (Å²) in [7, 11) is 0. The Balaban J connectivity index is 1.69. The first kappa shape index (κ1) is 15.2. The number of anilines is 1. The second-order valence-corrected chi connectivity index (χ2v) is 6.95. The zero-order valence-corrected chi connectivity index (χ0v) is 14.0. The van der Waals surface area contributed by atoms with Crippen molar-refractivity contribution in [2.24, 2.45) is 5.73 Å². The van der Waals surface area contributed by atoms with Crippen molar-refractivity contribution in [3.8, 4) is 0 Å². The number of thioether (sulfide) groups is 1. The zero-order chi connectivity index (χ0) is 16.7. The fourth-order valence-electron chi connectivity index (χ4n) is 3.04. The maximum atomic E-state index is 12.8. The number of carbonyl (C=O) groups excluding carboxylic acids is 1. The van der Waals surface area contributed by atoms with Crippen molar-refractivity contribution >= 4 is 34.4 Å². The van der Waals surface area contributed by atoms with Crippen molar-refractivity contribution in [1.29, 1.82) is 0 Å². The van der Waals surface area contributed by atoms with E-state index in [1.165, 1.54) is 0 Å². The number of nitrogens with one attached hydrogen (secondary N) is 2. The van der Waals surface area contributed by atoms with Crippen molar-refractivity contribution in [1.82, 2.24) is 15.2 Å². The van der Waals surface area contributed by atoms with Crippen molar-refractivity contribution in [3.05, 3.63) is 47.3 Å². The van der Waals surface area contributed by atoms with Gasteiger partial charge in [-0.3, -0.25) is 9.89 Å². The van der Waals surface area contributed by atoms with Crippen LogP contribution in [0.25, 0.3) is 11.0 Å². The summed E-state index contributed by atoms with van der Waals surface area (Å²) in [5, 5.41) is 10.5. The minimum Gasteiger partial charge on any atom is -0.324 e. The first-order chi connectivity index (χ1) is 11.6. The molecule has 24 heavy (non-hydrogen) atoms. The van der Waals surface area contributed by atoms with Gasteiger partial charge in [0.2, 0.25) is 0 Å². The quantitative estimate of drug-likeness (QED) is 0.667. The molecule has 4 rings (SSSR count). The Morgan fingerprint density at radius 1 is 1.42 bits per heavy atom. The Bertz CT molecular complexity index is 936. The Morgan fingerprint density at radius 2 is 2.29 bits per heavy atom. The number of hydrogen-bond donors (Lipinski definition) is 3. The molecule has 0 unspecified atom stereocenters. The molecule has 1 aliphatic heterocycles. The predicted octanol–water partition coefficient (Wildman–Crippen LogP) is 3.01. The van der Waals surface area contributed by atoms with Gasteiger partial charge in [-0.25, -0.2) is 4.98 Å². The molecule has 0 bridgehead atoms. The van der Waals surface area contributed by atoms with Gasteiger partial charge < -0.3 is 11.1 Å². The van der Waals surface area contributed by atoms with Crippen molar-refractivity contribution in [2.45, 2.75) is 24.3 Å². The topological polar surface area (TPSA) is 96.7 Å². The maximum absolute atomic E-state index is 12.8. The number of aromatic nitrogens is 3. The molecule has 0 fully saturated rings. The van der Waals surface area contributed by atoms with Crippen LogP contribution < -0.4 is 11.1 Å². The van der Waals surface area contributed by atoms with E-state index in [0.29, 0.717) is 16.9 Å². The van der Waals surface area contributed by atoms with Crippen LogP contribution in [0, 0.1) is 6.92 Å². The standard InChI is InChI=1S/C17H17N5OS/c1-9-10(2-3-11-13(18)5-7-24-15(9)11)17(23)21-14-4-6-19-16-12(14)8-20-22-16/h2-4,6,8,13H,5,7,18H2,1H3,(H2,19,20,21,22,23)/t13-/m1/s1. The van der Waals surface area contributed by atoms with Gasteiger partial charge in [0, 0.05) is 22.7 Å². The maximum Gasteiger partial charge on any atom is 0.255 e. The summed E-state index contributed by atoms with van der Waals surface area (Å²) in [5.41, 5.74) is 10.3. The van der Waals surface area contributed by atoms with E-state index in [-0.39, 0.29) is 11.9 Å². The lowest BCUT2D eigenvalue weighted by Gasteiger charge is -2.24. The fraction of sp³-hybridized carbons (Fsp3) is 0.235. The summed E-state index contributed by atoms with van der Waals surface area (Å²) in [4.78, 5) is 18.1. The third-order valence-electron chi connectivity index (χ3n) is 4.36. The molecule has 0 radical (unpaired) electrons. The van der Waals surface area contributed by atoms with Gasteiger partial charge in [0.25, 0.3) is 5.91 Å². The average Bonchev–Trinajstić information content (AvgIpc) is 3.05. The molecular formula is C17H17N5OS. The highest BCUT2D eigenvalue weighted by Gasteiger charge is 2.22. The van der Waals surface area contributed by atoms with Gasteiger partial charge in [-0.1, -0.05) is 6.07 Å². The number of nitrogens with zero attached hydrogens (tertiary/aromatic N) is 2. The molecule has 122 valence electrons. The lowest BCUT2D eigenvalue weighted by Crippen LogP contribution is -2.19. The van der Waals surface area contributed by atoms with Crippen LogP contribution in [-0.2, 0) is 0 Å². The lowest BCUT2D eigenvalue weighted by atomic mass is 9.98. The van der Waals surface area contributed by atoms with E-state index >= 15 is 0 Å². The third-order valence-corrected chi connectivity index (χ3v) is 5.63. The Labute approximate surface area is 143 Å². The van der Waals surface area contributed by atoms with E-state index in [0.717, 1.165) is 33.6 Å². The van der Waals surface area contributed by atoms with E-state index in [1.54, 1.807) is 30.2 Å². The number of H-pyrrole nitrogens is 1. The predicted molar refractivity (Wildman–Crippen MR) is 95.3 cm³/mol. The number of nitrogens with two attached hydrogens (primary N) is 1. The summed E-state index contributed by atoms with van der Waals surface area (Å²) in [6, 6.07) is 5.67. The molecule has 1 atom stereocenters. The monoisotopic (exact) mass is 339 g/mol. The van der Waals surface area contributed by atoms with E-state index in [1.807, 2.05) is 19.1 Å². The average molecular weight is 339 g/mol. The molecule has 0 saturated carbocycles. The number of rotatable bonds is 2. The third kappa shape index (κ3) is 2.46. The normalized spacial score (nSPS) is 16.8. The number of pyridine rings is 1. The van der Waals surface area contributed by atoms with Gasteiger partial charge in [-0.15, -0.1) is 11.8 Å². The van der Waals surface area contributed by atoms with Crippen LogP contribution >= 0.6 is 11.8 Å². The number of carbonyl (C=O) groups is 1. The van der Waals surface area contributed by atoms with Gasteiger partial charge in [-0.2, -0.15) is 5.10 Å². The van der Waals surface area contributed by atoms with Gasteiger partial charge in [0.15, 0.2) is 5.65 Å². The van der Waals surface area contributed by atoms with Crippen molar-refractivity contribution in [2.75, 3.05) is 11.1 Å². The minimum absolute atomic E-state index is 0.0582. The van der Waals surface area contributed by atoms with Crippen LogP contribution in [0.1, 0.15) is 33.9 Å². The molecule has 1 amide bonds. The SMILES string of the molecule is Cc1c(C(=O)Nc2ccnc3[nH]ncc23)ccc2c1SCC[C@H]2N. The molecule has 6 nitrogen and oxygen atoms in total. The first-order valence-corrected chi connectivity index (χ1v) is 8.75. The van der Waals surface area contributed by atoms with Crippen molar-refractivity contribution in [3.63, 3.8) is 0 Å². The highest BCUT2D eigenvalue weighted by atomic mass is 32.2. The second kappa shape index (κ2) is 5.92. The summed E-state index contributed by atoms with van der Waals surface area (Å²) in [6.45, 7) is 1.98. The van der Waals surface area contributed by atoms with Crippen LogP contribution in [0.2, 0.25) is 0 Å². The summed E-state index contributed by atoms with van der Waals surface area (Å²) in [5.74, 6) is 0.851. The van der Waals surface area contributed by atoms with Gasteiger partial charge >= 0.3 is 0 Å². The molecular weight excluding hydrogens is 322 g/mol. The Morgan fingerprint density at radius 3 is 3.17 bits per heavy atom. The Kier molecular flexibility index (Phi) is 3.74. The van der Waals surface area contributed by atoms with Crippen LogP contribution in [0.5, 0.6) is 0 Å². The molecule has 0 saturated heterocycles. The molecule has 0 spiro atoms. The molecule has 0 aliphatic carbocycles.